The summed E-state index contributed by atoms with van der Waals surface area (Å²) < 4.78 is 10.9. The highest BCUT2D eigenvalue weighted by Gasteiger charge is 2.09. The van der Waals surface area contributed by atoms with Crippen LogP contribution in [0.25, 0.3) is 10.9 Å². The summed E-state index contributed by atoms with van der Waals surface area (Å²) in [7, 11) is 1.53. The van der Waals surface area contributed by atoms with Crippen molar-refractivity contribution in [2.45, 2.75) is 13.0 Å². The SMILES string of the molecule is COc1cc2nc[nH]c(=O)c2cc1OCCNC[C@H](C)O. The van der Waals surface area contributed by atoms with Crippen LogP contribution < -0.4 is 20.3 Å². The minimum atomic E-state index is -0.398. The third-order valence-electron chi connectivity index (χ3n) is 2.90. The van der Waals surface area contributed by atoms with E-state index >= 15 is 0 Å². The van der Waals surface area contributed by atoms with Crippen molar-refractivity contribution in [2.24, 2.45) is 0 Å². The summed E-state index contributed by atoms with van der Waals surface area (Å²) in [4.78, 5) is 18.4. The number of aliphatic hydroxyl groups is 1. The van der Waals surface area contributed by atoms with Gasteiger partial charge in [-0.25, -0.2) is 4.98 Å². The maximum atomic E-state index is 11.7. The number of aliphatic hydroxyl groups excluding tert-OH is 1. The molecular formula is C14H19N3O4. The van der Waals surface area contributed by atoms with Gasteiger partial charge >= 0.3 is 0 Å². The molecule has 7 nitrogen and oxygen atoms in total. The van der Waals surface area contributed by atoms with E-state index in [0.29, 0.717) is 42.1 Å². The number of rotatable bonds is 7. The first-order chi connectivity index (χ1) is 10.1. The van der Waals surface area contributed by atoms with Gasteiger partial charge in [-0.15, -0.1) is 0 Å². The second-order valence-electron chi connectivity index (χ2n) is 4.65. The Kier molecular flexibility index (Phi) is 5.13. The number of methoxy groups -OCH3 is 1. The highest BCUT2D eigenvalue weighted by molar-refractivity contribution is 5.81. The Balaban J connectivity index is 2.11. The molecule has 0 fully saturated rings. The summed E-state index contributed by atoms with van der Waals surface area (Å²) >= 11 is 0. The molecule has 0 saturated carbocycles. The Morgan fingerprint density at radius 2 is 2.24 bits per heavy atom. The first-order valence-electron chi connectivity index (χ1n) is 6.69. The van der Waals surface area contributed by atoms with Crippen LogP contribution in [0.4, 0.5) is 0 Å². The molecule has 0 amide bonds. The average Bonchev–Trinajstić information content (AvgIpc) is 2.46. The van der Waals surface area contributed by atoms with Gasteiger partial charge in [-0.1, -0.05) is 0 Å². The lowest BCUT2D eigenvalue weighted by atomic mass is 10.2. The molecule has 21 heavy (non-hydrogen) atoms. The molecule has 0 bridgehead atoms. The number of hydrogen-bond donors (Lipinski definition) is 3. The minimum Gasteiger partial charge on any atom is -0.493 e. The molecule has 1 atom stereocenters. The number of fused-ring (bicyclic) bond motifs is 1. The van der Waals surface area contributed by atoms with Gasteiger partial charge in [-0.05, 0) is 13.0 Å². The lowest BCUT2D eigenvalue weighted by Crippen LogP contribution is -2.28. The average molecular weight is 293 g/mol. The zero-order valence-corrected chi connectivity index (χ0v) is 12.0. The van der Waals surface area contributed by atoms with Gasteiger partial charge < -0.3 is 24.9 Å². The molecule has 0 aliphatic carbocycles. The van der Waals surface area contributed by atoms with Gasteiger partial charge in [0, 0.05) is 19.2 Å². The van der Waals surface area contributed by atoms with Crippen molar-refractivity contribution in [3.05, 3.63) is 28.8 Å². The van der Waals surface area contributed by atoms with Crippen molar-refractivity contribution in [1.29, 1.82) is 0 Å². The van der Waals surface area contributed by atoms with Crippen LogP contribution in [0.5, 0.6) is 11.5 Å². The van der Waals surface area contributed by atoms with Crippen LogP contribution in [0.3, 0.4) is 0 Å². The molecule has 2 rings (SSSR count). The Morgan fingerprint density at radius 1 is 1.43 bits per heavy atom. The number of nitrogens with one attached hydrogen (secondary N) is 2. The summed E-state index contributed by atoms with van der Waals surface area (Å²) in [5.74, 6) is 1.01. The molecule has 0 spiro atoms. The van der Waals surface area contributed by atoms with Crippen molar-refractivity contribution >= 4 is 10.9 Å². The molecule has 0 saturated heterocycles. The van der Waals surface area contributed by atoms with Crippen LogP contribution in [0.15, 0.2) is 23.3 Å². The first-order valence-corrected chi connectivity index (χ1v) is 6.69. The van der Waals surface area contributed by atoms with Crippen LogP contribution in [0, 0.1) is 0 Å². The molecule has 3 N–H and O–H groups in total. The molecular weight excluding hydrogens is 274 g/mol. The monoisotopic (exact) mass is 293 g/mol. The fourth-order valence-electron chi connectivity index (χ4n) is 1.89. The number of aromatic amines is 1. The zero-order valence-electron chi connectivity index (χ0n) is 12.0. The van der Waals surface area contributed by atoms with E-state index in [4.69, 9.17) is 14.6 Å². The molecule has 0 radical (unpaired) electrons. The number of H-pyrrole nitrogens is 1. The van der Waals surface area contributed by atoms with Gasteiger partial charge in [0.2, 0.25) is 0 Å². The van der Waals surface area contributed by atoms with Crippen molar-refractivity contribution in [1.82, 2.24) is 15.3 Å². The zero-order chi connectivity index (χ0) is 15.2. The second kappa shape index (κ2) is 7.05. The van der Waals surface area contributed by atoms with Crippen LogP contribution in [-0.4, -0.2) is 48.0 Å². The molecule has 0 aliphatic heterocycles. The molecule has 114 valence electrons. The topological polar surface area (TPSA) is 96.5 Å². The molecule has 1 aromatic carbocycles. The second-order valence-corrected chi connectivity index (χ2v) is 4.65. The Bertz CT molecular complexity index is 654. The lowest BCUT2D eigenvalue weighted by molar-refractivity contribution is 0.187. The Labute approximate surface area is 121 Å². The molecule has 0 aliphatic rings. The van der Waals surface area contributed by atoms with E-state index in [9.17, 15) is 4.79 Å². The van der Waals surface area contributed by atoms with Gasteiger partial charge in [0.1, 0.15) is 6.61 Å². The number of benzene rings is 1. The van der Waals surface area contributed by atoms with Gasteiger partial charge in [-0.3, -0.25) is 4.79 Å². The van der Waals surface area contributed by atoms with Crippen LogP contribution in [0.1, 0.15) is 6.92 Å². The van der Waals surface area contributed by atoms with E-state index in [0.717, 1.165) is 0 Å². The molecule has 7 heteroatoms. The van der Waals surface area contributed by atoms with Gasteiger partial charge in [-0.2, -0.15) is 0 Å². The van der Waals surface area contributed by atoms with Crippen molar-refractivity contribution < 1.29 is 14.6 Å². The van der Waals surface area contributed by atoms with E-state index in [2.05, 4.69) is 15.3 Å². The van der Waals surface area contributed by atoms with Crippen molar-refractivity contribution in [3.63, 3.8) is 0 Å². The third-order valence-corrected chi connectivity index (χ3v) is 2.90. The van der Waals surface area contributed by atoms with E-state index in [1.54, 1.807) is 19.1 Å². The molecule has 2 aromatic rings. The lowest BCUT2D eigenvalue weighted by Gasteiger charge is -2.12. The summed E-state index contributed by atoms with van der Waals surface area (Å²) in [6, 6.07) is 3.29. The summed E-state index contributed by atoms with van der Waals surface area (Å²) in [5.41, 5.74) is 0.329. The maximum Gasteiger partial charge on any atom is 0.258 e. The predicted molar refractivity (Wildman–Crippen MR) is 79.0 cm³/mol. The highest BCUT2D eigenvalue weighted by Crippen LogP contribution is 2.30. The van der Waals surface area contributed by atoms with E-state index in [-0.39, 0.29) is 5.56 Å². The summed E-state index contributed by atoms with van der Waals surface area (Å²) in [6.07, 6.45) is 0.954. The van der Waals surface area contributed by atoms with Crippen LogP contribution in [-0.2, 0) is 0 Å². The number of ether oxygens (including phenoxy) is 2. The normalized spacial score (nSPS) is 12.3. The van der Waals surface area contributed by atoms with Crippen LogP contribution in [0.2, 0.25) is 0 Å². The van der Waals surface area contributed by atoms with Crippen molar-refractivity contribution in [2.75, 3.05) is 26.8 Å². The Hall–Kier alpha value is -2.12. The number of aromatic nitrogens is 2. The number of nitrogens with zero attached hydrogens (tertiary/aromatic N) is 1. The smallest absolute Gasteiger partial charge is 0.258 e. The van der Waals surface area contributed by atoms with Crippen molar-refractivity contribution in [3.8, 4) is 11.5 Å². The minimum absolute atomic E-state index is 0.222. The summed E-state index contributed by atoms with van der Waals surface area (Å²) in [6.45, 7) is 3.18. The van der Waals surface area contributed by atoms with E-state index in [1.165, 1.54) is 13.4 Å². The fraction of sp³-hybridized carbons (Fsp3) is 0.429. The van der Waals surface area contributed by atoms with E-state index < -0.39 is 6.10 Å². The predicted octanol–water partition coefficient (Wildman–Crippen LogP) is 0.281. The number of hydrogen-bond acceptors (Lipinski definition) is 6. The third kappa shape index (κ3) is 3.93. The molecule has 0 unspecified atom stereocenters. The largest absolute Gasteiger partial charge is 0.493 e. The maximum absolute atomic E-state index is 11.7. The highest BCUT2D eigenvalue weighted by atomic mass is 16.5. The quantitative estimate of drug-likeness (QED) is 0.635. The summed E-state index contributed by atoms with van der Waals surface area (Å²) in [5, 5.41) is 12.6. The molecule has 1 aromatic heterocycles. The van der Waals surface area contributed by atoms with Gasteiger partial charge in [0.05, 0.1) is 30.4 Å². The van der Waals surface area contributed by atoms with Crippen LogP contribution >= 0.6 is 0 Å². The van der Waals surface area contributed by atoms with E-state index in [1.807, 2.05) is 0 Å². The standard InChI is InChI=1S/C14H19N3O4/c1-9(18)7-15-3-4-21-13-5-10-11(6-12(13)20-2)16-8-17-14(10)19/h5-6,8-9,15,18H,3-4,7H2,1-2H3,(H,16,17,19)/t9-/m0/s1. The van der Waals surface area contributed by atoms with Gasteiger partial charge in [0.15, 0.2) is 11.5 Å². The fourth-order valence-corrected chi connectivity index (χ4v) is 1.89. The van der Waals surface area contributed by atoms with Gasteiger partial charge in [0.25, 0.3) is 5.56 Å². The Morgan fingerprint density at radius 3 is 2.95 bits per heavy atom. The first kappa shape index (κ1) is 15.3. The molecule has 1 heterocycles.